The molecule has 2 aromatic heterocycles. The van der Waals surface area contributed by atoms with Crippen LogP contribution < -0.4 is 0 Å². The van der Waals surface area contributed by atoms with Crippen LogP contribution in [0.4, 0.5) is 4.39 Å². The van der Waals surface area contributed by atoms with Crippen LogP contribution in [0, 0.1) is 5.82 Å². The van der Waals surface area contributed by atoms with Gasteiger partial charge in [-0.2, -0.15) is 0 Å². The maximum Gasteiger partial charge on any atom is 0.123 e. The summed E-state index contributed by atoms with van der Waals surface area (Å²) in [6.07, 6.45) is 4.88. The van der Waals surface area contributed by atoms with Gasteiger partial charge < -0.3 is 4.55 Å². The largest absolute Gasteiger partial charge is 0.772 e. The third kappa shape index (κ3) is 3.10. The summed E-state index contributed by atoms with van der Waals surface area (Å²) in [6, 6.07) is 9.54. The van der Waals surface area contributed by atoms with Crippen molar-refractivity contribution in [2.75, 3.05) is 0 Å². The highest BCUT2D eigenvalue weighted by atomic mass is 32.2. The molecular weight excluding hydrogens is 305 g/mol. The quantitative estimate of drug-likeness (QED) is 0.693. The van der Waals surface area contributed by atoms with Crippen LogP contribution in [0.3, 0.4) is 0 Å². The molecule has 3 aromatic rings. The van der Waals surface area contributed by atoms with Crippen molar-refractivity contribution in [3.05, 3.63) is 66.6 Å². The lowest BCUT2D eigenvalue weighted by atomic mass is 10.1. The van der Waals surface area contributed by atoms with Gasteiger partial charge in [0.2, 0.25) is 0 Å². The molecule has 0 aliphatic rings. The summed E-state index contributed by atoms with van der Waals surface area (Å²) in [5.41, 5.74) is 2.84. The summed E-state index contributed by atoms with van der Waals surface area (Å²) in [5, 5.41) is 0. The molecule has 0 N–H and O–H groups in total. The zero-order valence-electron chi connectivity index (χ0n) is 11.3. The molecule has 0 bridgehead atoms. The van der Waals surface area contributed by atoms with Crippen molar-refractivity contribution in [1.29, 1.82) is 0 Å². The third-order valence-electron chi connectivity index (χ3n) is 3.13. The fraction of sp³-hybridized carbons (Fsp3) is 0.0667. The number of halogens is 1. The second kappa shape index (κ2) is 6.17. The van der Waals surface area contributed by atoms with Crippen LogP contribution in [-0.2, 0) is 16.8 Å². The van der Waals surface area contributed by atoms with Gasteiger partial charge in [0, 0.05) is 5.56 Å². The number of hydrogen-bond acceptors (Lipinski definition) is 4. The maximum absolute atomic E-state index is 13.0. The number of imidazole rings is 1. The topological polar surface area (TPSA) is 70.8 Å². The van der Waals surface area contributed by atoms with E-state index in [1.165, 1.54) is 12.1 Å². The van der Waals surface area contributed by atoms with Gasteiger partial charge in [-0.3, -0.25) is 13.8 Å². The molecule has 0 saturated carbocycles. The Labute approximate surface area is 128 Å². The van der Waals surface area contributed by atoms with Crippen molar-refractivity contribution in [3.8, 4) is 16.9 Å². The van der Waals surface area contributed by atoms with Gasteiger partial charge in [-0.25, -0.2) is 9.37 Å². The molecule has 5 nitrogen and oxygen atoms in total. The van der Waals surface area contributed by atoms with Crippen LogP contribution in [0.25, 0.3) is 16.9 Å². The Morgan fingerprint density at radius 1 is 1.14 bits per heavy atom. The molecule has 112 valence electrons. The number of benzene rings is 1. The van der Waals surface area contributed by atoms with Gasteiger partial charge in [-0.15, -0.1) is 0 Å². The summed E-state index contributed by atoms with van der Waals surface area (Å²) in [4.78, 5) is 8.23. The van der Waals surface area contributed by atoms with Gasteiger partial charge in [-0.1, -0.05) is 0 Å². The van der Waals surface area contributed by atoms with Crippen molar-refractivity contribution in [2.24, 2.45) is 0 Å². The highest BCUT2D eigenvalue weighted by Gasteiger charge is 2.07. The monoisotopic (exact) mass is 316 g/mol. The Bertz CT molecular complexity index is 800. The highest BCUT2D eigenvalue weighted by Crippen LogP contribution is 2.22. The van der Waals surface area contributed by atoms with Gasteiger partial charge in [0.25, 0.3) is 0 Å². The first-order chi connectivity index (χ1) is 10.6. The van der Waals surface area contributed by atoms with Gasteiger partial charge >= 0.3 is 0 Å². The number of rotatable bonds is 4. The molecule has 0 radical (unpaired) electrons. The fourth-order valence-corrected chi connectivity index (χ4v) is 2.51. The molecule has 0 spiro atoms. The zero-order chi connectivity index (χ0) is 15.5. The normalized spacial score (nSPS) is 12.3. The van der Waals surface area contributed by atoms with Gasteiger partial charge in [-0.05, 0) is 47.5 Å². The summed E-state index contributed by atoms with van der Waals surface area (Å²) in [5.74, 6) is -0.416. The predicted octanol–water partition coefficient (Wildman–Crippen LogP) is 2.45. The van der Waals surface area contributed by atoms with E-state index in [1.54, 1.807) is 47.6 Å². The minimum Gasteiger partial charge on any atom is -0.772 e. The molecule has 3 rings (SSSR count). The van der Waals surface area contributed by atoms with Crippen molar-refractivity contribution in [2.45, 2.75) is 5.75 Å². The Kier molecular flexibility index (Phi) is 4.08. The molecule has 0 aliphatic carbocycles. The lowest BCUT2D eigenvalue weighted by molar-refractivity contribution is 0.535. The molecule has 1 unspecified atom stereocenters. The SMILES string of the molecule is O=S([O-])Cc1ccc(-n2cncc2-c2ccc(F)cc2)cn1. The van der Waals surface area contributed by atoms with Crippen molar-refractivity contribution < 1.29 is 13.2 Å². The molecule has 0 saturated heterocycles. The van der Waals surface area contributed by atoms with E-state index in [0.717, 1.165) is 16.9 Å². The van der Waals surface area contributed by atoms with Crippen LogP contribution >= 0.6 is 0 Å². The number of hydrogen-bond donors (Lipinski definition) is 0. The molecule has 1 aromatic carbocycles. The van der Waals surface area contributed by atoms with Gasteiger partial charge in [0.15, 0.2) is 0 Å². The third-order valence-corrected chi connectivity index (χ3v) is 3.66. The van der Waals surface area contributed by atoms with Crippen molar-refractivity contribution in [1.82, 2.24) is 14.5 Å². The molecule has 0 fully saturated rings. The van der Waals surface area contributed by atoms with E-state index < -0.39 is 11.1 Å². The smallest absolute Gasteiger partial charge is 0.123 e. The minimum atomic E-state index is -2.16. The van der Waals surface area contributed by atoms with E-state index in [2.05, 4.69) is 9.97 Å². The van der Waals surface area contributed by atoms with E-state index >= 15 is 0 Å². The summed E-state index contributed by atoms with van der Waals surface area (Å²) in [6.45, 7) is 0. The Morgan fingerprint density at radius 3 is 2.55 bits per heavy atom. The number of pyridine rings is 1. The maximum atomic E-state index is 13.0. The van der Waals surface area contributed by atoms with Crippen molar-refractivity contribution >= 4 is 11.1 Å². The van der Waals surface area contributed by atoms with Crippen LogP contribution in [0.15, 0.2) is 55.1 Å². The summed E-state index contributed by atoms with van der Waals surface area (Å²) >= 11 is -2.16. The van der Waals surface area contributed by atoms with E-state index in [9.17, 15) is 13.2 Å². The molecule has 7 heteroatoms. The Balaban J connectivity index is 1.94. The Morgan fingerprint density at radius 2 is 1.91 bits per heavy atom. The first-order valence-electron chi connectivity index (χ1n) is 6.43. The summed E-state index contributed by atoms with van der Waals surface area (Å²) in [7, 11) is 0. The molecular formula is C15H11FN3O2S-. The molecule has 0 amide bonds. The summed E-state index contributed by atoms with van der Waals surface area (Å²) < 4.78 is 36.1. The molecule has 22 heavy (non-hydrogen) atoms. The minimum absolute atomic E-state index is 0.116. The highest BCUT2D eigenvalue weighted by molar-refractivity contribution is 7.78. The van der Waals surface area contributed by atoms with Crippen LogP contribution in [0.1, 0.15) is 5.69 Å². The zero-order valence-corrected chi connectivity index (χ0v) is 12.2. The van der Waals surface area contributed by atoms with E-state index in [-0.39, 0.29) is 11.6 Å². The van der Waals surface area contributed by atoms with Crippen LogP contribution in [-0.4, -0.2) is 23.3 Å². The van der Waals surface area contributed by atoms with E-state index in [4.69, 9.17) is 0 Å². The fourth-order valence-electron chi connectivity index (χ4n) is 2.10. The molecule has 2 heterocycles. The predicted molar refractivity (Wildman–Crippen MR) is 79.4 cm³/mol. The van der Waals surface area contributed by atoms with E-state index in [0.29, 0.717) is 5.69 Å². The lowest BCUT2D eigenvalue weighted by Crippen LogP contribution is -2.00. The Hall–Kier alpha value is -2.38. The second-order valence-electron chi connectivity index (χ2n) is 4.61. The lowest BCUT2D eigenvalue weighted by Gasteiger charge is -2.09. The number of aromatic nitrogens is 3. The van der Waals surface area contributed by atoms with Crippen LogP contribution in [0.2, 0.25) is 0 Å². The molecule has 1 atom stereocenters. The standard InChI is InChI=1S/C15H12FN3O2S/c16-12-3-1-11(2-4-12)15-8-17-10-19(15)14-6-5-13(18-7-14)9-22(20)21/h1-8,10H,9H2,(H,20,21)/p-1. The van der Waals surface area contributed by atoms with Gasteiger partial charge in [0.1, 0.15) is 5.82 Å². The first kappa shape index (κ1) is 14.6. The van der Waals surface area contributed by atoms with Gasteiger partial charge in [0.05, 0.1) is 41.5 Å². The van der Waals surface area contributed by atoms with Crippen LogP contribution in [0.5, 0.6) is 0 Å². The number of nitrogens with zero attached hydrogens (tertiary/aromatic N) is 3. The molecule has 0 aliphatic heterocycles. The van der Waals surface area contributed by atoms with E-state index in [1.807, 2.05) is 0 Å². The van der Waals surface area contributed by atoms with Crippen molar-refractivity contribution in [3.63, 3.8) is 0 Å². The average Bonchev–Trinajstić information content (AvgIpc) is 2.97. The first-order valence-corrected chi connectivity index (χ1v) is 7.67. The second-order valence-corrected chi connectivity index (χ2v) is 5.51. The average molecular weight is 316 g/mol.